The van der Waals surface area contributed by atoms with Gasteiger partial charge in [0.05, 0.1) is 5.71 Å². The van der Waals surface area contributed by atoms with Crippen LogP contribution >= 0.6 is 0 Å². The number of benzene rings is 3. The van der Waals surface area contributed by atoms with E-state index in [9.17, 15) is 8.42 Å². The molecule has 0 fully saturated rings. The Morgan fingerprint density at radius 2 is 1.48 bits per heavy atom. The number of fused-ring (bicyclic) bond motifs is 1. The molecular weight excluding hydrogens is 358 g/mol. The van der Waals surface area contributed by atoms with Gasteiger partial charge in [-0.3, -0.25) is 0 Å². The van der Waals surface area contributed by atoms with Crippen molar-refractivity contribution < 1.29 is 12.6 Å². The van der Waals surface area contributed by atoms with Crippen molar-refractivity contribution in [2.45, 2.75) is 19.3 Å². The first kappa shape index (κ1) is 17.5. The summed E-state index contributed by atoms with van der Waals surface area (Å²) in [5.74, 6) is 0.324. The van der Waals surface area contributed by atoms with Gasteiger partial charge in [0, 0.05) is 17.9 Å². The fourth-order valence-electron chi connectivity index (χ4n) is 3.35. The molecule has 0 radical (unpaired) electrons. The Hall–Kier alpha value is -2.92. The summed E-state index contributed by atoms with van der Waals surface area (Å²) >= 11 is 0. The van der Waals surface area contributed by atoms with Crippen molar-refractivity contribution in [3.05, 3.63) is 101 Å². The summed E-state index contributed by atoms with van der Waals surface area (Å²) in [5.41, 5.74) is 4.66. The second-order valence-electron chi connectivity index (χ2n) is 6.62. The Bertz CT molecular complexity index is 1090. The van der Waals surface area contributed by atoms with Crippen molar-refractivity contribution in [3.8, 4) is 5.75 Å². The van der Waals surface area contributed by atoms with E-state index in [1.165, 1.54) is 5.56 Å². The van der Waals surface area contributed by atoms with Gasteiger partial charge in [-0.25, -0.2) is 0 Å². The van der Waals surface area contributed by atoms with E-state index >= 15 is 0 Å². The minimum Gasteiger partial charge on any atom is -0.365 e. The number of nitrogens with zero attached hydrogens (tertiary/aromatic N) is 1. The molecule has 27 heavy (non-hydrogen) atoms. The number of hydrogen-bond donors (Lipinski definition) is 0. The van der Waals surface area contributed by atoms with E-state index in [-0.39, 0.29) is 5.92 Å². The Balaban J connectivity index is 1.80. The summed E-state index contributed by atoms with van der Waals surface area (Å²) < 4.78 is 33.2. The molecule has 0 aliphatic carbocycles. The van der Waals surface area contributed by atoms with Crippen molar-refractivity contribution >= 4 is 16.0 Å². The summed E-state index contributed by atoms with van der Waals surface area (Å²) in [5, 5.41) is 0. The third-order valence-electron chi connectivity index (χ3n) is 4.69. The molecule has 0 N–H and O–H groups in total. The maximum atomic E-state index is 12.1. The maximum absolute atomic E-state index is 12.1. The molecule has 136 valence electrons. The fraction of sp³-hybridized carbons (Fsp3) is 0.136. The van der Waals surface area contributed by atoms with E-state index in [0.717, 1.165) is 16.7 Å². The molecule has 3 aromatic rings. The van der Waals surface area contributed by atoms with E-state index in [0.29, 0.717) is 17.9 Å². The average Bonchev–Trinajstić information content (AvgIpc) is 2.66. The van der Waals surface area contributed by atoms with Gasteiger partial charge in [-0.2, -0.15) is 8.42 Å². The smallest absolute Gasteiger partial charge is 0.365 e. The van der Waals surface area contributed by atoms with Gasteiger partial charge in [0.15, 0.2) is 5.75 Å². The van der Waals surface area contributed by atoms with Crippen molar-refractivity contribution in [1.82, 2.24) is 0 Å². The van der Waals surface area contributed by atoms with E-state index in [2.05, 4.69) is 40.8 Å². The third kappa shape index (κ3) is 3.78. The van der Waals surface area contributed by atoms with Crippen molar-refractivity contribution in [2.24, 2.45) is 4.40 Å². The van der Waals surface area contributed by atoms with E-state index in [1.54, 1.807) is 12.1 Å². The van der Waals surface area contributed by atoms with E-state index in [1.807, 2.05) is 37.3 Å². The molecule has 4 nitrogen and oxygen atoms in total. The minimum absolute atomic E-state index is 0.00749. The molecule has 1 heterocycles. The highest BCUT2D eigenvalue weighted by Crippen LogP contribution is 2.34. The van der Waals surface area contributed by atoms with Crippen LogP contribution in [0.4, 0.5) is 0 Å². The first-order chi connectivity index (χ1) is 13.0. The highest BCUT2D eigenvalue weighted by Gasteiger charge is 2.27. The van der Waals surface area contributed by atoms with Crippen LogP contribution in [0.15, 0.2) is 83.3 Å². The molecule has 0 bridgehead atoms. The molecule has 0 aromatic heterocycles. The van der Waals surface area contributed by atoms with Gasteiger partial charge in [0.2, 0.25) is 0 Å². The second-order valence-corrected chi connectivity index (χ2v) is 7.83. The molecule has 4 rings (SSSR count). The summed E-state index contributed by atoms with van der Waals surface area (Å²) in [6.07, 6.45) is 0.465. The monoisotopic (exact) mass is 377 g/mol. The van der Waals surface area contributed by atoms with Crippen LogP contribution in [0, 0.1) is 6.92 Å². The van der Waals surface area contributed by atoms with Crippen molar-refractivity contribution in [3.63, 3.8) is 0 Å². The predicted octanol–water partition coefficient (Wildman–Crippen LogP) is 4.64. The lowest BCUT2D eigenvalue weighted by molar-refractivity contribution is 0.484. The zero-order chi connectivity index (χ0) is 18.9. The number of hydrogen-bond acceptors (Lipinski definition) is 3. The molecule has 0 spiro atoms. The minimum atomic E-state index is -3.97. The lowest BCUT2D eigenvalue weighted by Gasteiger charge is -2.22. The molecule has 3 aromatic carbocycles. The first-order valence-electron chi connectivity index (χ1n) is 8.76. The van der Waals surface area contributed by atoms with Gasteiger partial charge in [0.1, 0.15) is 0 Å². The van der Waals surface area contributed by atoms with E-state index < -0.39 is 10.3 Å². The summed E-state index contributed by atoms with van der Waals surface area (Å²) in [6.45, 7) is 2.05. The highest BCUT2D eigenvalue weighted by atomic mass is 32.2. The largest absolute Gasteiger partial charge is 0.428 e. The van der Waals surface area contributed by atoms with Gasteiger partial charge in [0.25, 0.3) is 0 Å². The molecule has 0 unspecified atom stereocenters. The van der Waals surface area contributed by atoms with Gasteiger partial charge >= 0.3 is 10.3 Å². The standard InChI is InChI=1S/C22H19NO3S/c1-16-11-13-18(14-12-16)20(17-7-3-2-4-8-17)15-21-19-9-5-6-10-22(19)26-27(24,25)23-21/h2-14,20H,15H2,1H3/t20-/m1/s1. The normalized spacial score (nSPS) is 16.0. The van der Waals surface area contributed by atoms with Gasteiger partial charge in [-0.1, -0.05) is 72.3 Å². The number of rotatable bonds is 4. The Morgan fingerprint density at radius 3 is 2.22 bits per heavy atom. The topological polar surface area (TPSA) is 55.7 Å². The second kappa shape index (κ2) is 7.00. The van der Waals surface area contributed by atoms with Crippen LogP contribution in [-0.2, 0) is 10.3 Å². The summed E-state index contributed by atoms with van der Waals surface area (Å²) in [4.78, 5) is 0. The Labute approximate surface area is 159 Å². The Kier molecular flexibility index (Phi) is 4.54. The van der Waals surface area contributed by atoms with Crippen LogP contribution in [-0.4, -0.2) is 14.1 Å². The van der Waals surface area contributed by atoms with Gasteiger partial charge in [-0.05, 0) is 30.2 Å². The molecule has 1 atom stereocenters. The summed E-state index contributed by atoms with van der Waals surface area (Å²) in [7, 11) is -3.97. The average molecular weight is 377 g/mol. The first-order valence-corrected chi connectivity index (χ1v) is 10.1. The fourth-order valence-corrected chi connectivity index (χ4v) is 4.20. The molecule has 1 aliphatic heterocycles. The lowest BCUT2D eigenvalue weighted by Crippen LogP contribution is -2.20. The van der Waals surface area contributed by atoms with Gasteiger partial charge < -0.3 is 4.18 Å². The predicted molar refractivity (Wildman–Crippen MR) is 107 cm³/mol. The lowest BCUT2D eigenvalue weighted by atomic mass is 9.85. The zero-order valence-electron chi connectivity index (χ0n) is 14.9. The zero-order valence-corrected chi connectivity index (χ0v) is 15.7. The van der Waals surface area contributed by atoms with Crippen LogP contribution in [0.25, 0.3) is 0 Å². The molecule has 0 amide bonds. The molecule has 0 saturated heterocycles. The quantitative estimate of drug-likeness (QED) is 0.665. The van der Waals surface area contributed by atoms with Crippen LogP contribution in [0.3, 0.4) is 0 Å². The molecule has 0 saturated carbocycles. The molecule has 1 aliphatic rings. The molecular formula is C22H19NO3S. The highest BCUT2D eigenvalue weighted by molar-refractivity contribution is 7.86. The SMILES string of the molecule is Cc1ccc([C@H](CC2=NS(=O)(=O)Oc3ccccc32)c2ccccc2)cc1. The number of para-hydroxylation sites is 1. The van der Waals surface area contributed by atoms with Crippen LogP contribution in [0.5, 0.6) is 5.75 Å². The third-order valence-corrected chi connectivity index (χ3v) is 5.53. The van der Waals surface area contributed by atoms with Crippen molar-refractivity contribution in [1.29, 1.82) is 0 Å². The maximum Gasteiger partial charge on any atom is 0.428 e. The number of aryl methyl sites for hydroxylation is 1. The van der Waals surface area contributed by atoms with E-state index in [4.69, 9.17) is 4.18 Å². The Morgan fingerprint density at radius 1 is 0.852 bits per heavy atom. The van der Waals surface area contributed by atoms with Crippen LogP contribution < -0.4 is 4.18 Å². The van der Waals surface area contributed by atoms with Crippen LogP contribution in [0.2, 0.25) is 0 Å². The van der Waals surface area contributed by atoms with Crippen LogP contribution in [0.1, 0.15) is 34.6 Å². The summed E-state index contributed by atoms with van der Waals surface area (Å²) in [6, 6.07) is 25.5. The van der Waals surface area contributed by atoms with Gasteiger partial charge in [-0.15, -0.1) is 4.40 Å². The molecule has 5 heteroatoms. The van der Waals surface area contributed by atoms with Crippen molar-refractivity contribution in [2.75, 3.05) is 0 Å².